The molecule has 0 radical (unpaired) electrons. The Balaban J connectivity index is 3.00. The van der Waals surface area contributed by atoms with Crippen LogP contribution in [-0.2, 0) is 14.8 Å². The molecule has 0 fully saturated rings. The van der Waals surface area contributed by atoms with E-state index in [-0.39, 0.29) is 24.7 Å². The highest BCUT2D eigenvalue weighted by Crippen LogP contribution is 2.26. The van der Waals surface area contributed by atoms with Gasteiger partial charge in [-0.1, -0.05) is 0 Å². The first-order valence-electron chi connectivity index (χ1n) is 5.77. The van der Waals surface area contributed by atoms with Crippen LogP contribution in [0.5, 0.6) is 0 Å². The molecule has 0 aliphatic carbocycles. The average molecular weight is 317 g/mol. The van der Waals surface area contributed by atoms with Gasteiger partial charge in [0.25, 0.3) is 5.69 Å². The average Bonchev–Trinajstić information content (AvgIpc) is 2.42. The van der Waals surface area contributed by atoms with E-state index in [9.17, 15) is 23.3 Å². The quantitative estimate of drug-likeness (QED) is 0.224. The van der Waals surface area contributed by atoms with Crippen molar-refractivity contribution in [2.75, 3.05) is 18.5 Å². The summed E-state index contributed by atoms with van der Waals surface area (Å²) in [5.41, 5.74) is 1.86. The van der Waals surface area contributed by atoms with Crippen molar-refractivity contribution in [3.05, 3.63) is 28.3 Å². The van der Waals surface area contributed by atoms with Crippen molar-refractivity contribution < 1.29 is 18.1 Å². The number of amides is 1. The molecule has 0 heterocycles. The highest BCUT2D eigenvalue weighted by molar-refractivity contribution is 7.89. The lowest BCUT2D eigenvalue weighted by atomic mass is 10.3. The normalized spacial score (nSPS) is 11.0. The van der Waals surface area contributed by atoms with Gasteiger partial charge in [-0.25, -0.2) is 13.1 Å². The van der Waals surface area contributed by atoms with Crippen LogP contribution in [0.2, 0.25) is 0 Å². The number of sulfonamides is 1. The number of carbonyl (C=O) groups is 1. The Labute approximate surface area is 120 Å². The Morgan fingerprint density at radius 1 is 1.38 bits per heavy atom. The summed E-state index contributed by atoms with van der Waals surface area (Å²) in [6.45, 7) is 1.26. The molecule has 0 aliphatic heterocycles. The first-order valence-corrected chi connectivity index (χ1v) is 7.25. The molecule has 21 heavy (non-hydrogen) atoms. The van der Waals surface area contributed by atoms with E-state index in [0.29, 0.717) is 0 Å². The van der Waals surface area contributed by atoms with Gasteiger partial charge in [0.15, 0.2) is 4.90 Å². The molecule has 0 unspecified atom stereocenters. The number of hydrazine groups is 1. The number of hydrogen-bond donors (Lipinski definition) is 4. The highest BCUT2D eigenvalue weighted by Gasteiger charge is 2.25. The minimum Gasteiger partial charge on any atom is -0.355 e. The molecule has 0 spiro atoms. The monoisotopic (exact) mass is 317 g/mol. The predicted octanol–water partition coefficient (Wildman–Crippen LogP) is -0.705. The maximum absolute atomic E-state index is 12.1. The molecule has 116 valence electrons. The van der Waals surface area contributed by atoms with Gasteiger partial charge in [-0.2, -0.15) is 0 Å². The zero-order valence-electron chi connectivity index (χ0n) is 11.1. The minimum absolute atomic E-state index is 0.0667. The molecule has 0 saturated heterocycles. The lowest BCUT2D eigenvalue weighted by Gasteiger charge is -2.09. The number of nitrogen functional groups attached to an aromatic ring is 1. The first kappa shape index (κ1) is 16.8. The van der Waals surface area contributed by atoms with E-state index in [1.165, 1.54) is 13.0 Å². The minimum atomic E-state index is -4.11. The summed E-state index contributed by atoms with van der Waals surface area (Å²) in [7, 11) is -4.11. The Bertz CT molecular complexity index is 645. The summed E-state index contributed by atoms with van der Waals surface area (Å²) in [4.78, 5) is 20.2. The molecule has 10 nitrogen and oxygen atoms in total. The second-order valence-electron chi connectivity index (χ2n) is 3.96. The van der Waals surface area contributed by atoms with Crippen LogP contribution >= 0.6 is 0 Å². The number of nitrogens with one attached hydrogen (secondary N) is 3. The van der Waals surface area contributed by atoms with Crippen LogP contribution in [0.25, 0.3) is 0 Å². The molecule has 1 amide bonds. The SMILES string of the molecule is CC(=O)NCCNS(=O)(=O)c1cc(NN)ccc1[N+](=O)[O-]. The molecular formula is C10H15N5O5S. The number of rotatable bonds is 7. The number of benzene rings is 1. The molecule has 0 aromatic heterocycles. The number of nitro groups is 1. The molecule has 1 aromatic rings. The van der Waals surface area contributed by atoms with Gasteiger partial charge in [-0.05, 0) is 12.1 Å². The number of anilines is 1. The molecule has 0 aliphatic rings. The van der Waals surface area contributed by atoms with E-state index in [0.717, 1.165) is 12.1 Å². The highest BCUT2D eigenvalue weighted by atomic mass is 32.2. The van der Waals surface area contributed by atoms with Crippen molar-refractivity contribution in [2.45, 2.75) is 11.8 Å². The molecule has 11 heteroatoms. The number of nitrogens with two attached hydrogens (primary N) is 1. The van der Waals surface area contributed by atoms with Gasteiger partial charge >= 0.3 is 0 Å². The lowest BCUT2D eigenvalue weighted by molar-refractivity contribution is -0.387. The summed E-state index contributed by atoms with van der Waals surface area (Å²) in [6.07, 6.45) is 0. The molecular weight excluding hydrogens is 302 g/mol. The van der Waals surface area contributed by atoms with Crippen molar-refractivity contribution in [2.24, 2.45) is 5.84 Å². The van der Waals surface area contributed by atoms with Gasteiger partial charge in [0.2, 0.25) is 15.9 Å². The summed E-state index contributed by atoms with van der Waals surface area (Å²) >= 11 is 0. The fraction of sp³-hybridized carbons (Fsp3) is 0.300. The van der Waals surface area contributed by atoms with Crippen LogP contribution in [-0.4, -0.2) is 32.3 Å². The maximum atomic E-state index is 12.1. The van der Waals surface area contributed by atoms with E-state index >= 15 is 0 Å². The Kier molecular flexibility index (Phi) is 5.58. The van der Waals surface area contributed by atoms with Gasteiger partial charge in [0.1, 0.15) is 0 Å². The standard InChI is InChI=1S/C10H15N5O5S/c1-7(16)12-4-5-13-21(19,20)10-6-8(14-11)2-3-9(10)15(17)18/h2-3,6,13-14H,4-5,11H2,1H3,(H,12,16). The second-order valence-corrected chi connectivity index (χ2v) is 5.70. The van der Waals surface area contributed by atoms with E-state index < -0.39 is 25.5 Å². The number of carbonyl (C=O) groups excluding carboxylic acids is 1. The topological polar surface area (TPSA) is 156 Å². The van der Waals surface area contributed by atoms with Crippen molar-refractivity contribution in [1.82, 2.24) is 10.0 Å². The third-order valence-corrected chi connectivity index (χ3v) is 3.89. The molecule has 0 atom stereocenters. The van der Waals surface area contributed by atoms with Crippen molar-refractivity contribution >= 4 is 27.3 Å². The van der Waals surface area contributed by atoms with Crippen LogP contribution in [0.4, 0.5) is 11.4 Å². The third-order valence-electron chi connectivity index (χ3n) is 2.40. The molecule has 1 aromatic carbocycles. The van der Waals surface area contributed by atoms with Crippen LogP contribution in [0.15, 0.2) is 23.1 Å². The van der Waals surface area contributed by atoms with Gasteiger partial charge in [-0.3, -0.25) is 20.8 Å². The van der Waals surface area contributed by atoms with Crippen LogP contribution in [0.1, 0.15) is 6.92 Å². The van der Waals surface area contributed by atoms with Gasteiger partial charge in [-0.15, -0.1) is 0 Å². The summed E-state index contributed by atoms with van der Waals surface area (Å²) in [5, 5.41) is 13.3. The first-order chi connectivity index (χ1) is 9.77. The van der Waals surface area contributed by atoms with Gasteiger partial charge in [0.05, 0.1) is 10.6 Å². The van der Waals surface area contributed by atoms with Crippen molar-refractivity contribution in [3.63, 3.8) is 0 Å². The van der Waals surface area contributed by atoms with Crippen LogP contribution in [0.3, 0.4) is 0 Å². The number of hydrogen-bond acceptors (Lipinski definition) is 7. The summed E-state index contributed by atoms with van der Waals surface area (Å²) < 4.78 is 26.3. The number of nitrogens with zero attached hydrogens (tertiary/aromatic N) is 1. The smallest absolute Gasteiger partial charge is 0.289 e. The van der Waals surface area contributed by atoms with E-state index in [1.54, 1.807) is 0 Å². The van der Waals surface area contributed by atoms with E-state index in [1.807, 2.05) is 0 Å². The fourth-order valence-electron chi connectivity index (χ4n) is 1.47. The summed E-state index contributed by atoms with van der Waals surface area (Å²) in [5.74, 6) is 4.85. The Morgan fingerprint density at radius 3 is 2.57 bits per heavy atom. The van der Waals surface area contributed by atoms with Crippen molar-refractivity contribution in [1.29, 1.82) is 0 Å². The number of nitro benzene ring substituents is 1. The Morgan fingerprint density at radius 2 is 2.05 bits per heavy atom. The molecule has 5 N–H and O–H groups in total. The largest absolute Gasteiger partial charge is 0.355 e. The van der Waals surface area contributed by atoms with Gasteiger partial charge in [0, 0.05) is 26.1 Å². The summed E-state index contributed by atoms with van der Waals surface area (Å²) in [6, 6.07) is 3.38. The fourth-order valence-corrected chi connectivity index (χ4v) is 2.70. The van der Waals surface area contributed by atoms with Crippen molar-refractivity contribution in [3.8, 4) is 0 Å². The van der Waals surface area contributed by atoms with Crippen LogP contribution in [0, 0.1) is 10.1 Å². The zero-order valence-corrected chi connectivity index (χ0v) is 11.9. The second kappa shape index (κ2) is 6.97. The molecule has 1 rings (SSSR count). The zero-order chi connectivity index (χ0) is 16.0. The third kappa shape index (κ3) is 4.66. The molecule has 0 saturated carbocycles. The maximum Gasteiger partial charge on any atom is 0.289 e. The van der Waals surface area contributed by atoms with Crippen LogP contribution < -0.4 is 21.3 Å². The lowest BCUT2D eigenvalue weighted by Crippen LogP contribution is -2.34. The molecule has 0 bridgehead atoms. The van der Waals surface area contributed by atoms with E-state index in [4.69, 9.17) is 5.84 Å². The predicted molar refractivity (Wildman–Crippen MR) is 74.8 cm³/mol. The Hall–Kier alpha value is -2.24. The van der Waals surface area contributed by atoms with E-state index in [2.05, 4.69) is 15.5 Å². The van der Waals surface area contributed by atoms with Gasteiger partial charge < -0.3 is 10.7 Å².